The van der Waals surface area contributed by atoms with E-state index in [2.05, 4.69) is 0 Å². The van der Waals surface area contributed by atoms with Crippen molar-refractivity contribution < 1.29 is 19.4 Å². The molecule has 0 aromatic heterocycles. The second-order valence-corrected chi connectivity index (χ2v) is 5.79. The van der Waals surface area contributed by atoms with Crippen molar-refractivity contribution >= 4 is 11.9 Å². The number of hydrogen-bond acceptors (Lipinski definition) is 3. The van der Waals surface area contributed by atoms with Gasteiger partial charge < -0.3 is 14.7 Å². The predicted molar refractivity (Wildman–Crippen MR) is 82.5 cm³/mol. The van der Waals surface area contributed by atoms with Crippen molar-refractivity contribution in [1.82, 2.24) is 4.90 Å². The first kappa shape index (κ1) is 16.5. The quantitative estimate of drug-likeness (QED) is 0.872. The zero-order chi connectivity index (χ0) is 15.9. The molecule has 1 aliphatic heterocycles. The fraction of sp³-hybridized carbons (Fsp3) is 0.529. The van der Waals surface area contributed by atoms with Crippen LogP contribution in [0.15, 0.2) is 30.3 Å². The highest BCUT2D eigenvalue weighted by Crippen LogP contribution is 2.22. The summed E-state index contributed by atoms with van der Waals surface area (Å²) in [7, 11) is 0. The van der Waals surface area contributed by atoms with Crippen LogP contribution in [-0.2, 0) is 20.7 Å². The predicted octanol–water partition coefficient (Wildman–Crippen LogP) is 1.96. The fourth-order valence-corrected chi connectivity index (χ4v) is 2.82. The van der Waals surface area contributed by atoms with Gasteiger partial charge in [0.05, 0.1) is 6.10 Å². The average Bonchev–Trinajstić information content (AvgIpc) is 2.51. The van der Waals surface area contributed by atoms with E-state index in [1.54, 1.807) is 0 Å². The average molecular weight is 305 g/mol. The van der Waals surface area contributed by atoms with Crippen LogP contribution in [0.2, 0.25) is 0 Å². The van der Waals surface area contributed by atoms with Gasteiger partial charge in [0.25, 0.3) is 0 Å². The second kappa shape index (κ2) is 7.94. The van der Waals surface area contributed by atoms with Crippen molar-refractivity contribution in [1.29, 1.82) is 0 Å². The van der Waals surface area contributed by atoms with Gasteiger partial charge in [-0.3, -0.25) is 9.59 Å². The van der Waals surface area contributed by atoms with Gasteiger partial charge in [-0.2, -0.15) is 0 Å². The molecule has 1 fully saturated rings. The zero-order valence-corrected chi connectivity index (χ0v) is 12.9. The molecular weight excluding hydrogens is 282 g/mol. The van der Waals surface area contributed by atoms with Crippen LogP contribution in [0.5, 0.6) is 0 Å². The van der Waals surface area contributed by atoms with E-state index < -0.39 is 5.97 Å². The highest BCUT2D eigenvalue weighted by atomic mass is 16.5. The molecule has 1 aliphatic rings. The number of hydrogen-bond donors (Lipinski definition) is 1. The summed E-state index contributed by atoms with van der Waals surface area (Å²) in [5.41, 5.74) is 1.10. The van der Waals surface area contributed by atoms with Gasteiger partial charge in [-0.1, -0.05) is 30.3 Å². The molecule has 2 atom stereocenters. The van der Waals surface area contributed by atoms with Crippen LogP contribution in [-0.4, -0.2) is 47.7 Å². The summed E-state index contributed by atoms with van der Waals surface area (Å²) in [6.45, 7) is 2.71. The molecule has 5 heteroatoms. The summed E-state index contributed by atoms with van der Waals surface area (Å²) >= 11 is 0. The first-order valence-electron chi connectivity index (χ1n) is 7.72. The largest absolute Gasteiger partial charge is 0.480 e. The van der Waals surface area contributed by atoms with Crippen molar-refractivity contribution in [2.75, 3.05) is 19.7 Å². The number of carboxylic acids is 1. The standard InChI is InChI=1S/C17H23NO4/c1-13-11-15(8-10-22-13)17(21)18(12-16(19)20)9-7-14-5-3-2-4-6-14/h2-6,13,15H,7-12H2,1H3,(H,19,20). The molecule has 0 aliphatic carbocycles. The van der Waals surface area contributed by atoms with Crippen LogP contribution in [0.4, 0.5) is 0 Å². The Kier molecular flexibility index (Phi) is 5.95. The van der Waals surface area contributed by atoms with Gasteiger partial charge in [0, 0.05) is 19.1 Å². The normalized spacial score (nSPS) is 21.3. The van der Waals surface area contributed by atoms with E-state index in [-0.39, 0.29) is 24.5 Å². The Morgan fingerprint density at radius 2 is 2.05 bits per heavy atom. The van der Waals surface area contributed by atoms with Crippen molar-refractivity contribution in [2.45, 2.75) is 32.3 Å². The van der Waals surface area contributed by atoms with Crippen LogP contribution >= 0.6 is 0 Å². The van der Waals surface area contributed by atoms with Crippen molar-refractivity contribution in [3.63, 3.8) is 0 Å². The number of ether oxygens (including phenoxy) is 1. The monoisotopic (exact) mass is 305 g/mol. The van der Waals surface area contributed by atoms with Crippen LogP contribution in [0.1, 0.15) is 25.3 Å². The third-order valence-electron chi connectivity index (χ3n) is 3.99. The fourth-order valence-electron chi connectivity index (χ4n) is 2.82. The van der Waals surface area contributed by atoms with Crippen LogP contribution in [0, 0.1) is 5.92 Å². The number of carboxylic acid groups (broad SMARTS) is 1. The number of carbonyl (C=O) groups is 2. The molecule has 120 valence electrons. The van der Waals surface area contributed by atoms with E-state index in [1.165, 1.54) is 4.90 Å². The van der Waals surface area contributed by atoms with E-state index >= 15 is 0 Å². The smallest absolute Gasteiger partial charge is 0.323 e. The maximum absolute atomic E-state index is 12.6. The second-order valence-electron chi connectivity index (χ2n) is 5.79. The van der Waals surface area contributed by atoms with Crippen molar-refractivity contribution in [3.8, 4) is 0 Å². The lowest BCUT2D eigenvalue weighted by Gasteiger charge is -2.31. The Balaban J connectivity index is 1.98. The zero-order valence-electron chi connectivity index (χ0n) is 12.9. The van der Waals surface area contributed by atoms with E-state index in [1.807, 2.05) is 37.3 Å². The van der Waals surface area contributed by atoms with Gasteiger partial charge in [0.2, 0.25) is 5.91 Å². The number of amides is 1. The SMILES string of the molecule is CC1CC(C(=O)N(CCc2ccccc2)CC(=O)O)CCO1. The number of rotatable bonds is 6. The molecule has 1 aromatic rings. The van der Waals surface area contributed by atoms with E-state index in [0.29, 0.717) is 32.4 Å². The summed E-state index contributed by atoms with van der Waals surface area (Å²) in [5, 5.41) is 9.06. The van der Waals surface area contributed by atoms with E-state index in [0.717, 1.165) is 5.56 Å². The van der Waals surface area contributed by atoms with Crippen LogP contribution < -0.4 is 0 Å². The maximum atomic E-state index is 12.6. The number of nitrogens with zero attached hydrogens (tertiary/aromatic N) is 1. The molecule has 1 heterocycles. The summed E-state index contributed by atoms with van der Waals surface area (Å²) in [6, 6.07) is 9.80. The van der Waals surface area contributed by atoms with Crippen LogP contribution in [0.3, 0.4) is 0 Å². The Morgan fingerprint density at radius 3 is 2.68 bits per heavy atom. The van der Waals surface area contributed by atoms with Gasteiger partial charge in [0.1, 0.15) is 6.54 Å². The van der Waals surface area contributed by atoms with Gasteiger partial charge in [-0.25, -0.2) is 0 Å². The summed E-state index contributed by atoms with van der Waals surface area (Å²) < 4.78 is 5.46. The van der Waals surface area contributed by atoms with E-state index in [4.69, 9.17) is 9.84 Å². The molecule has 0 saturated carbocycles. The molecule has 5 nitrogen and oxygen atoms in total. The minimum absolute atomic E-state index is 0.0588. The van der Waals surface area contributed by atoms with Gasteiger partial charge in [-0.15, -0.1) is 0 Å². The van der Waals surface area contributed by atoms with Gasteiger partial charge in [0.15, 0.2) is 0 Å². The molecule has 1 aromatic carbocycles. The Bertz CT molecular complexity index is 503. The van der Waals surface area contributed by atoms with Gasteiger partial charge >= 0.3 is 5.97 Å². The first-order chi connectivity index (χ1) is 10.6. The number of carbonyl (C=O) groups excluding carboxylic acids is 1. The molecule has 2 rings (SSSR count). The highest BCUT2D eigenvalue weighted by Gasteiger charge is 2.29. The number of aliphatic carboxylic acids is 1. The molecule has 1 saturated heterocycles. The third-order valence-corrected chi connectivity index (χ3v) is 3.99. The lowest BCUT2D eigenvalue weighted by Crippen LogP contribution is -2.43. The molecule has 22 heavy (non-hydrogen) atoms. The molecular formula is C17H23NO4. The summed E-state index contributed by atoms with van der Waals surface area (Å²) in [6.07, 6.45) is 2.06. The van der Waals surface area contributed by atoms with Crippen LogP contribution in [0.25, 0.3) is 0 Å². The maximum Gasteiger partial charge on any atom is 0.323 e. The molecule has 2 unspecified atom stereocenters. The Labute approximate surface area is 130 Å². The highest BCUT2D eigenvalue weighted by molar-refractivity contribution is 5.83. The molecule has 0 bridgehead atoms. The first-order valence-corrected chi connectivity index (χ1v) is 7.72. The molecule has 1 amide bonds. The molecule has 0 spiro atoms. The molecule has 0 radical (unpaired) electrons. The summed E-state index contributed by atoms with van der Waals surface area (Å²) in [4.78, 5) is 25.1. The minimum atomic E-state index is -0.971. The van der Waals surface area contributed by atoms with E-state index in [9.17, 15) is 9.59 Å². The summed E-state index contributed by atoms with van der Waals surface area (Å²) in [5.74, 6) is -1.16. The lowest BCUT2D eigenvalue weighted by atomic mass is 9.94. The van der Waals surface area contributed by atoms with Crippen molar-refractivity contribution in [2.24, 2.45) is 5.92 Å². The Morgan fingerprint density at radius 1 is 1.32 bits per heavy atom. The topological polar surface area (TPSA) is 66.8 Å². The third kappa shape index (κ3) is 4.84. The Hall–Kier alpha value is -1.88. The van der Waals surface area contributed by atoms with Crippen molar-refractivity contribution in [3.05, 3.63) is 35.9 Å². The minimum Gasteiger partial charge on any atom is -0.480 e. The lowest BCUT2D eigenvalue weighted by molar-refractivity contribution is -0.148. The molecule has 1 N–H and O–H groups in total. The number of benzene rings is 1. The van der Waals surface area contributed by atoms with Gasteiger partial charge in [-0.05, 0) is 31.7 Å².